The molecule has 2 aromatic heterocycles. The molecule has 12 aromatic rings. The molecule has 326 valence electrons. The summed E-state index contributed by atoms with van der Waals surface area (Å²) >= 11 is 0. The molecular formula is C64H46N4Si. The number of aryl methyl sites for hydroxylation is 1. The first-order valence-electron chi connectivity index (χ1n) is 23.5. The predicted octanol–water partition coefficient (Wildman–Crippen LogP) is 13.0. The normalized spacial score (nSPS) is 11.6. The van der Waals surface area contributed by atoms with Crippen molar-refractivity contribution in [2.75, 3.05) is 0 Å². The van der Waals surface area contributed by atoms with Crippen molar-refractivity contribution in [1.82, 2.24) is 19.5 Å². The molecule has 0 bridgehead atoms. The Kier molecular flexibility index (Phi) is 10.7. The van der Waals surface area contributed by atoms with Gasteiger partial charge in [0.25, 0.3) is 0 Å². The molecule has 0 N–H and O–H groups in total. The number of fused-ring (bicyclic) bond motifs is 3. The number of hydrogen-bond acceptors (Lipinski definition) is 3. The van der Waals surface area contributed by atoms with Crippen LogP contribution in [0.2, 0.25) is 0 Å². The quantitative estimate of drug-likeness (QED) is 0.101. The molecule has 0 spiro atoms. The van der Waals surface area contributed by atoms with Crippen LogP contribution in [0.15, 0.2) is 261 Å². The second-order valence-corrected chi connectivity index (χ2v) is 21.5. The first-order chi connectivity index (χ1) is 34.1. The minimum Gasteiger partial charge on any atom is -0.308 e. The van der Waals surface area contributed by atoms with Crippen LogP contribution in [0.4, 0.5) is 0 Å². The van der Waals surface area contributed by atoms with Crippen molar-refractivity contribution in [3.8, 4) is 62.1 Å². The summed E-state index contributed by atoms with van der Waals surface area (Å²) in [5.74, 6) is 1.84. The first-order valence-corrected chi connectivity index (χ1v) is 25.5. The summed E-state index contributed by atoms with van der Waals surface area (Å²) in [4.78, 5) is 15.7. The number of benzene rings is 10. The Bertz CT molecular complexity index is 3610. The number of hydrogen-bond donors (Lipinski definition) is 0. The summed E-state index contributed by atoms with van der Waals surface area (Å²) in [6.07, 6.45) is 0. The lowest BCUT2D eigenvalue weighted by molar-refractivity contribution is 1.06. The summed E-state index contributed by atoms with van der Waals surface area (Å²) in [6, 6.07) is 94.3. The maximum absolute atomic E-state index is 5.31. The number of nitrogens with zero attached hydrogens (tertiary/aromatic N) is 4. The molecule has 0 unspecified atom stereocenters. The molecule has 0 saturated heterocycles. The molecule has 0 aliphatic carbocycles. The van der Waals surface area contributed by atoms with Gasteiger partial charge in [-0.1, -0.05) is 236 Å². The van der Waals surface area contributed by atoms with Crippen LogP contribution in [-0.2, 0) is 0 Å². The van der Waals surface area contributed by atoms with Gasteiger partial charge in [-0.05, 0) is 80.3 Å². The molecule has 2 heterocycles. The van der Waals surface area contributed by atoms with Gasteiger partial charge in [-0.15, -0.1) is 0 Å². The average Bonchev–Trinajstić information content (AvgIpc) is 3.76. The lowest BCUT2D eigenvalue weighted by atomic mass is 10.0. The van der Waals surface area contributed by atoms with Crippen LogP contribution in [0.25, 0.3) is 83.9 Å². The van der Waals surface area contributed by atoms with Crippen LogP contribution in [0.3, 0.4) is 0 Å². The van der Waals surface area contributed by atoms with E-state index in [2.05, 4.69) is 236 Å². The third kappa shape index (κ3) is 7.56. The van der Waals surface area contributed by atoms with Crippen molar-refractivity contribution in [1.29, 1.82) is 0 Å². The molecule has 0 atom stereocenters. The zero-order valence-corrected chi connectivity index (χ0v) is 39.1. The van der Waals surface area contributed by atoms with Crippen molar-refractivity contribution in [2.45, 2.75) is 6.92 Å². The summed E-state index contributed by atoms with van der Waals surface area (Å²) < 4.78 is 2.41. The topological polar surface area (TPSA) is 43.6 Å². The monoisotopic (exact) mass is 898 g/mol. The van der Waals surface area contributed by atoms with Crippen molar-refractivity contribution in [2.24, 2.45) is 0 Å². The van der Waals surface area contributed by atoms with Gasteiger partial charge in [0.1, 0.15) is 0 Å². The van der Waals surface area contributed by atoms with Crippen LogP contribution in [-0.4, -0.2) is 27.6 Å². The maximum atomic E-state index is 5.31. The van der Waals surface area contributed by atoms with Gasteiger partial charge in [0.2, 0.25) is 0 Å². The highest BCUT2D eigenvalue weighted by atomic mass is 28.3. The molecule has 0 fully saturated rings. The van der Waals surface area contributed by atoms with Gasteiger partial charge in [0.05, 0.1) is 16.7 Å². The summed E-state index contributed by atoms with van der Waals surface area (Å²) in [7, 11) is -2.81. The van der Waals surface area contributed by atoms with Crippen LogP contribution in [0.5, 0.6) is 0 Å². The number of rotatable bonds is 10. The van der Waals surface area contributed by atoms with Gasteiger partial charge >= 0.3 is 0 Å². The van der Waals surface area contributed by atoms with Gasteiger partial charge in [0, 0.05) is 27.5 Å². The number of aromatic nitrogens is 4. The van der Waals surface area contributed by atoms with E-state index >= 15 is 0 Å². The van der Waals surface area contributed by atoms with Gasteiger partial charge in [-0.3, -0.25) is 0 Å². The van der Waals surface area contributed by atoms with Crippen molar-refractivity contribution in [3.63, 3.8) is 0 Å². The highest BCUT2D eigenvalue weighted by molar-refractivity contribution is 7.19. The molecule has 0 saturated carbocycles. The predicted molar refractivity (Wildman–Crippen MR) is 290 cm³/mol. The molecule has 69 heavy (non-hydrogen) atoms. The second-order valence-electron chi connectivity index (χ2n) is 17.6. The lowest BCUT2D eigenvalue weighted by Crippen LogP contribution is -2.74. The van der Waals surface area contributed by atoms with E-state index in [9.17, 15) is 0 Å². The van der Waals surface area contributed by atoms with E-state index in [0.29, 0.717) is 17.5 Å². The van der Waals surface area contributed by atoms with Crippen LogP contribution in [0.1, 0.15) is 5.56 Å². The summed E-state index contributed by atoms with van der Waals surface area (Å²) in [6.45, 7) is 2.13. The van der Waals surface area contributed by atoms with E-state index < -0.39 is 8.07 Å². The molecular weight excluding hydrogens is 853 g/mol. The molecule has 4 nitrogen and oxygen atoms in total. The van der Waals surface area contributed by atoms with Crippen molar-refractivity contribution in [3.05, 3.63) is 266 Å². The molecule has 0 aliphatic rings. The van der Waals surface area contributed by atoms with E-state index in [-0.39, 0.29) is 0 Å². The Morgan fingerprint density at radius 2 is 0.739 bits per heavy atom. The average molecular weight is 899 g/mol. The van der Waals surface area contributed by atoms with Gasteiger partial charge in [-0.25, -0.2) is 15.0 Å². The van der Waals surface area contributed by atoms with Crippen LogP contribution >= 0.6 is 0 Å². The van der Waals surface area contributed by atoms with Crippen LogP contribution < -0.4 is 20.7 Å². The molecule has 5 heteroatoms. The van der Waals surface area contributed by atoms with E-state index in [1.165, 1.54) is 48.2 Å². The maximum Gasteiger partial charge on any atom is 0.179 e. The molecule has 12 rings (SSSR count). The first kappa shape index (κ1) is 41.6. The minimum atomic E-state index is -2.81. The van der Waals surface area contributed by atoms with Gasteiger partial charge < -0.3 is 4.57 Å². The van der Waals surface area contributed by atoms with Gasteiger partial charge in [-0.2, -0.15) is 0 Å². The highest BCUT2D eigenvalue weighted by Crippen LogP contribution is 2.40. The SMILES string of the molecule is Cc1ccc(-c2ccc3c(c2)c2ccccc2n3-c2cc(-c3cccc([Si](c4ccccc4)(c4ccccc4)c4ccccc4)c3)ccc2-c2nc(-c3ccccc3)nc(-c3ccccc3)n2)cc1. The van der Waals surface area contributed by atoms with Gasteiger partial charge in [0.15, 0.2) is 25.5 Å². The Labute approximate surface area is 403 Å². The summed E-state index contributed by atoms with van der Waals surface area (Å²) in [5.41, 5.74) is 11.8. The lowest BCUT2D eigenvalue weighted by Gasteiger charge is -2.34. The Morgan fingerprint density at radius 3 is 1.33 bits per heavy atom. The summed E-state index contributed by atoms with van der Waals surface area (Å²) in [5, 5.41) is 7.68. The largest absolute Gasteiger partial charge is 0.308 e. The Hall–Kier alpha value is -8.77. The van der Waals surface area contributed by atoms with Crippen molar-refractivity contribution < 1.29 is 0 Å². The fraction of sp³-hybridized carbons (Fsp3) is 0.0156. The molecule has 0 amide bonds. The Balaban J connectivity index is 1.12. The Morgan fingerprint density at radius 1 is 0.304 bits per heavy atom. The molecule has 10 aromatic carbocycles. The van der Waals surface area contributed by atoms with E-state index in [1.54, 1.807) is 0 Å². The fourth-order valence-corrected chi connectivity index (χ4v) is 15.0. The number of para-hydroxylation sites is 1. The molecule has 0 radical (unpaired) electrons. The fourth-order valence-electron chi connectivity index (χ4n) is 10.2. The van der Waals surface area contributed by atoms with E-state index in [1.807, 2.05) is 36.4 Å². The van der Waals surface area contributed by atoms with Crippen molar-refractivity contribution >= 4 is 50.6 Å². The highest BCUT2D eigenvalue weighted by Gasteiger charge is 2.41. The standard InChI is InChI=1S/C64H46N4Si/c1-45-34-36-46(37-35-45)50-39-41-60-58(43-50)56-32-17-18-33-59(56)68(60)61-44-51(38-40-57(61)64-66-62(47-20-7-2-8-21-47)65-63(67-64)48-22-9-3-10-23-48)49-24-19-31-55(42-49)69(52-25-11-4-12-26-52,53-27-13-5-14-28-53)54-29-15-6-16-30-54/h2-44H,1H3. The second kappa shape index (κ2) is 17.8. The zero-order valence-electron chi connectivity index (χ0n) is 38.1. The third-order valence-electron chi connectivity index (χ3n) is 13.5. The van der Waals surface area contributed by atoms with Crippen LogP contribution in [0, 0.1) is 6.92 Å². The smallest absolute Gasteiger partial charge is 0.179 e. The minimum absolute atomic E-state index is 0.601. The zero-order chi connectivity index (χ0) is 46.2. The van der Waals surface area contributed by atoms with E-state index in [4.69, 9.17) is 15.0 Å². The third-order valence-corrected chi connectivity index (χ3v) is 18.3. The van der Waals surface area contributed by atoms with E-state index in [0.717, 1.165) is 44.5 Å². The molecule has 0 aliphatic heterocycles.